The van der Waals surface area contributed by atoms with Crippen molar-refractivity contribution in [2.24, 2.45) is 5.92 Å². The summed E-state index contributed by atoms with van der Waals surface area (Å²) in [5.74, 6) is -0.502. The Labute approximate surface area is 92.5 Å². The van der Waals surface area contributed by atoms with E-state index in [4.69, 9.17) is 9.84 Å². The molecule has 1 saturated carbocycles. The normalized spacial score (nSPS) is 30.6. The summed E-state index contributed by atoms with van der Waals surface area (Å²) in [5.41, 5.74) is 0.559. The molecule has 1 aromatic rings. The average molecular weight is 220 g/mol. The number of carboxylic acid groups (broad SMARTS) is 1. The topological polar surface area (TPSA) is 66.8 Å². The number of hydrogen-bond donors (Lipinski definition) is 2. The fourth-order valence-corrected chi connectivity index (χ4v) is 2.74. The molecule has 0 aromatic heterocycles. The average Bonchev–Trinajstić information content (AvgIpc) is 2.96. The highest BCUT2D eigenvalue weighted by Crippen LogP contribution is 2.61. The number of benzene rings is 1. The van der Waals surface area contributed by atoms with Gasteiger partial charge in [-0.05, 0) is 18.9 Å². The van der Waals surface area contributed by atoms with Crippen molar-refractivity contribution in [3.8, 4) is 11.5 Å². The summed E-state index contributed by atoms with van der Waals surface area (Å²) in [5, 5.41) is 18.7. The quantitative estimate of drug-likeness (QED) is 0.753. The van der Waals surface area contributed by atoms with E-state index < -0.39 is 5.97 Å². The summed E-state index contributed by atoms with van der Waals surface area (Å²) < 4.78 is 5.41. The van der Waals surface area contributed by atoms with Gasteiger partial charge in [0.25, 0.3) is 0 Å². The third-order valence-corrected chi connectivity index (χ3v) is 3.70. The zero-order valence-electron chi connectivity index (χ0n) is 8.64. The van der Waals surface area contributed by atoms with Crippen LogP contribution in [0.25, 0.3) is 0 Å². The Bertz CT molecular complexity index is 468. The molecule has 1 aromatic carbocycles. The van der Waals surface area contributed by atoms with E-state index in [2.05, 4.69) is 0 Å². The first-order chi connectivity index (χ1) is 7.65. The van der Waals surface area contributed by atoms with Crippen molar-refractivity contribution in [2.75, 3.05) is 6.61 Å². The van der Waals surface area contributed by atoms with Gasteiger partial charge in [-0.25, -0.2) is 0 Å². The lowest BCUT2D eigenvalue weighted by Crippen LogP contribution is -2.24. The minimum atomic E-state index is -0.754. The lowest BCUT2D eigenvalue weighted by atomic mass is 9.87. The number of carbonyl (C=O) groups is 1. The summed E-state index contributed by atoms with van der Waals surface area (Å²) >= 11 is 0. The number of aromatic hydroxyl groups is 1. The lowest BCUT2D eigenvalue weighted by Gasteiger charge is -2.26. The summed E-state index contributed by atoms with van der Waals surface area (Å²) in [6, 6.07) is 5.16. The summed E-state index contributed by atoms with van der Waals surface area (Å²) in [6.07, 6.45) is 1.38. The molecule has 1 aliphatic carbocycles. The van der Waals surface area contributed by atoms with Crippen LogP contribution in [0.3, 0.4) is 0 Å². The number of ether oxygens (including phenoxy) is 1. The van der Waals surface area contributed by atoms with Crippen LogP contribution in [0.1, 0.15) is 18.4 Å². The Hall–Kier alpha value is -1.71. The van der Waals surface area contributed by atoms with Crippen LogP contribution < -0.4 is 4.74 Å². The predicted molar refractivity (Wildman–Crippen MR) is 55.6 cm³/mol. The van der Waals surface area contributed by atoms with Gasteiger partial charge in [0, 0.05) is 11.0 Å². The van der Waals surface area contributed by atoms with Crippen LogP contribution in [0.5, 0.6) is 11.5 Å². The maximum absolute atomic E-state index is 11.0. The molecule has 0 bridgehead atoms. The van der Waals surface area contributed by atoms with E-state index in [1.54, 1.807) is 12.1 Å². The van der Waals surface area contributed by atoms with Gasteiger partial charge in [-0.3, -0.25) is 4.79 Å². The van der Waals surface area contributed by atoms with Crippen molar-refractivity contribution in [2.45, 2.75) is 18.3 Å². The van der Waals surface area contributed by atoms with Crippen molar-refractivity contribution in [3.63, 3.8) is 0 Å². The van der Waals surface area contributed by atoms with Crippen LogP contribution >= 0.6 is 0 Å². The summed E-state index contributed by atoms with van der Waals surface area (Å²) in [7, 11) is 0. The van der Waals surface area contributed by atoms with Gasteiger partial charge in [-0.15, -0.1) is 0 Å². The molecule has 4 heteroatoms. The van der Waals surface area contributed by atoms with Crippen LogP contribution in [0.4, 0.5) is 0 Å². The number of carboxylic acids is 1. The van der Waals surface area contributed by atoms with Gasteiger partial charge < -0.3 is 14.9 Å². The third kappa shape index (κ3) is 1.07. The highest BCUT2D eigenvalue weighted by atomic mass is 16.5. The van der Waals surface area contributed by atoms with Crippen molar-refractivity contribution in [1.82, 2.24) is 0 Å². The minimum absolute atomic E-state index is 0.104. The maximum Gasteiger partial charge on any atom is 0.307 e. The predicted octanol–water partition coefficient (Wildman–Crippen LogP) is 1.52. The van der Waals surface area contributed by atoms with Gasteiger partial charge in [-0.1, -0.05) is 12.1 Å². The van der Waals surface area contributed by atoms with Gasteiger partial charge in [0.1, 0.15) is 0 Å². The molecule has 3 rings (SSSR count). The van der Waals surface area contributed by atoms with Crippen molar-refractivity contribution in [1.29, 1.82) is 0 Å². The molecule has 1 aliphatic heterocycles. The zero-order valence-corrected chi connectivity index (χ0v) is 8.64. The smallest absolute Gasteiger partial charge is 0.307 e. The maximum atomic E-state index is 11.0. The van der Waals surface area contributed by atoms with Crippen molar-refractivity contribution >= 4 is 5.97 Å². The highest BCUT2D eigenvalue weighted by Gasteiger charge is 2.61. The Morgan fingerprint density at radius 3 is 3.00 bits per heavy atom. The Morgan fingerprint density at radius 2 is 2.31 bits per heavy atom. The van der Waals surface area contributed by atoms with E-state index in [0.29, 0.717) is 18.8 Å². The van der Waals surface area contributed by atoms with Gasteiger partial charge in [-0.2, -0.15) is 0 Å². The molecule has 4 nitrogen and oxygen atoms in total. The molecule has 0 saturated heterocycles. The molecule has 2 aliphatic rings. The van der Waals surface area contributed by atoms with Crippen LogP contribution in [-0.4, -0.2) is 22.8 Å². The first-order valence-electron chi connectivity index (χ1n) is 5.33. The Balaban J connectivity index is 2.09. The number of fused-ring (bicyclic) bond motifs is 2. The second kappa shape index (κ2) is 2.90. The summed E-state index contributed by atoms with van der Waals surface area (Å²) in [6.45, 7) is 0.481. The Morgan fingerprint density at radius 1 is 1.50 bits per heavy atom. The van der Waals surface area contributed by atoms with E-state index in [1.807, 2.05) is 6.07 Å². The second-order valence-electron chi connectivity index (χ2n) is 4.50. The molecular weight excluding hydrogens is 208 g/mol. The first-order valence-corrected chi connectivity index (χ1v) is 5.33. The largest absolute Gasteiger partial charge is 0.504 e. The Kier molecular flexibility index (Phi) is 1.73. The van der Waals surface area contributed by atoms with E-state index >= 15 is 0 Å². The fourth-order valence-electron chi connectivity index (χ4n) is 2.74. The fraction of sp³-hybridized carbons (Fsp3) is 0.417. The van der Waals surface area contributed by atoms with Gasteiger partial charge in [0.05, 0.1) is 12.5 Å². The molecule has 0 amide bonds. The van der Waals surface area contributed by atoms with E-state index in [9.17, 15) is 9.90 Å². The van der Waals surface area contributed by atoms with Gasteiger partial charge in [0.15, 0.2) is 11.5 Å². The third-order valence-electron chi connectivity index (χ3n) is 3.70. The second-order valence-corrected chi connectivity index (χ2v) is 4.50. The van der Waals surface area contributed by atoms with Crippen LogP contribution in [0, 0.1) is 5.92 Å². The SMILES string of the molecule is O=C(O)C1CC12CCOc1c(O)cccc12. The molecular formula is C12H12O4. The number of aliphatic carboxylic acids is 1. The van der Waals surface area contributed by atoms with Crippen LogP contribution in [0.15, 0.2) is 18.2 Å². The van der Waals surface area contributed by atoms with Crippen molar-refractivity contribution < 1.29 is 19.7 Å². The first kappa shape index (κ1) is 9.51. The van der Waals surface area contributed by atoms with E-state index in [-0.39, 0.29) is 17.1 Å². The molecule has 16 heavy (non-hydrogen) atoms. The van der Waals surface area contributed by atoms with E-state index in [1.165, 1.54) is 0 Å². The molecule has 2 N–H and O–H groups in total. The molecule has 0 radical (unpaired) electrons. The van der Waals surface area contributed by atoms with Crippen LogP contribution in [0.2, 0.25) is 0 Å². The van der Waals surface area contributed by atoms with Gasteiger partial charge in [0.2, 0.25) is 0 Å². The van der Waals surface area contributed by atoms with Crippen molar-refractivity contribution in [3.05, 3.63) is 23.8 Å². The molecule has 1 spiro atoms. The molecule has 1 fully saturated rings. The minimum Gasteiger partial charge on any atom is -0.504 e. The standard InChI is InChI=1S/C12H12O4/c13-9-3-1-2-7-10(9)16-5-4-12(7)6-8(12)11(14)15/h1-3,8,13H,4-6H2,(H,14,15). The number of para-hydroxylation sites is 1. The summed E-state index contributed by atoms with van der Waals surface area (Å²) in [4.78, 5) is 11.0. The van der Waals surface area contributed by atoms with Crippen LogP contribution in [-0.2, 0) is 10.2 Å². The number of phenolic OH excluding ortho intramolecular Hbond substituents is 1. The zero-order chi connectivity index (χ0) is 11.3. The molecule has 2 unspecified atom stereocenters. The molecule has 1 heterocycles. The number of rotatable bonds is 1. The molecule has 2 atom stereocenters. The highest BCUT2D eigenvalue weighted by molar-refractivity contribution is 5.78. The van der Waals surface area contributed by atoms with E-state index in [0.717, 1.165) is 12.0 Å². The monoisotopic (exact) mass is 220 g/mol. The number of phenols is 1. The lowest BCUT2D eigenvalue weighted by molar-refractivity contribution is -0.139. The molecule has 84 valence electrons. The number of hydrogen-bond acceptors (Lipinski definition) is 3. The van der Waals surface area contributed by atoms with Gasteiger partial charge >= 0.3 is 5.97 Å².